The number of pyridine rings is 1. The molecular formula is C14H12N4O2. The molecule has 0 saturated carbocycles. The first kappa shape index (κ1) is 12.3. The third-order valence-corrected chi connectivity index (χ3v) is 3.06. The summed E-state index contributed by atoms with van der Waals surface area (Å²) < 4.78 is 0. The fourth-order valence-electron chi connectivity index (χ4n) is 2.07. The lowest BCUT2D eigenvalue weighted by Gasteiger charge is -2.12. The molecule has 1 atom stereocenters. The predicted octanol–water partition coefficient (Wildman–Crippen LogP) is 1.01. The van der Waals surface area contributed by atoms with Gasteiger partial charge in [0.2, 0.25) is 5.91 Å². The molecule has 1 aromatic heterocycles. The highest BCUT2D eigenvalue weighted by molar-refractivity contribution is 6.03. The highest BCUT2D eigenvalue weighted by Gasteiger charge is 2.30. The van der Waals surface area contributed by atoms with E-state index in [1.54, 1.807) is 12.1 Å². The van der Waals surface area contributed by atoms with Crippen LogP contribution in [0.4, 0.5) is 5.69 Å². The molecule has 6 heteroatoms. The Hall–Kier alpha value is -2.73. The Labute approximate surface area is 115 Å². The number of amides is 2. The molecule has 100 valence electrons. The van der Waals surface area contributed by atoms with Gasteiger partial charge in [0.25, 0.3) is 5.91 Å². The van der Waals surface area contributed by atoms with Crippen LogP contribution in [-0.2, 0) is 4.79 Å². The highest BCUT2D eigenvalue weighted by Crippen LogP contribution is 2.29. The van der Waals surface area contributed by atoms with E-state index < -0.39 is 6.04 Å². The van der Waals surface area contributed by atoms with Crippen molar-refractivity contribution in [3.8, 4) is 0 Å². The quantitative estimate of drug-likeness (QED) is 0.725. The smallest absolute Gasteiger partial charge is 0.265 e. The summed E-state index contributed by atoms with van der Waals surface area (Å²) in [7, 11) is 0. The maximum absolute atomic E-state index is 11.9. The van der Waals surface area contributed by atoms with Gasteiger partial charge in [-0.25, -0.2) is 5.43 Å². The first-order chi connectivity index (χ1) is 9.75. The Kier molecular flexibility index (Phi) is 3.14. The Morgan fingerprint density at radius 3 is 2.70 bits per heavy atom. The molecule has 0 spiro atoms. The summed E-state index contributed by atoms with van der Waals surface area (Å²) in [5, 5.41) is 2.75. The summed E-state index contributed by atoms with van der Waals surface area (Å²) in [6, 6.07) is 9.95. The number of nitrogens with one attached hydrogen (secondary N) is 3. The lowest BCUT2D eigenvalue weighted by Crippen LogP contribution is -2.42. The molecule has 20 heavy (non-hydrogen) atoms. The van der Waals surface area contributed by atoms with Crippen LogP contribution in [0.1, 0.15) is 22.0 Å². The zero-order valence-electron chi connectivity index (χ0n) is 10.5. The first-order valence-electron chi connectivity index (χ1n) is 6.11. The van der Waals surface area contributed by atoms with E-state index in [-0.39, 0.29) is 11.8 Å². The number of hydrazine groups is 1. The fraction of sp³-hybridized carbons (Fsp3) is 0.0714. The van der Waals surface area contributed by atoms with Crippen molar-refractivity contribution in [3.63, 3.8) is 0 Å². The number of carbonyl (C=O) groups is 2. The highest BCUT2D eigenvalue weighted by atomic mass is 16.2. The van der Waals surface area contributed by atoms with E-state index >= 15 is 0 Å². The van der Waals surface area contributed by atoms with Gasteiger partial charge < -0.3 is 5.32 Å². The largest absolute Gasteiger partial charge is 0.324 e. The number of aromatic nitrogens is 1. The molecule has 0 fully saturated rings. The normalized spacial score (nSPS) is 16.4. The van der Waals surface area contributed by atoms with Crippen molar-refractivity contribution in [2.24, 2.45) is 0 Å². The van der Waals surface area contributed by atoms with Crippen molar-refractivity contribution >= 4 is 17.5 Å². The number of nitrogens with zero attached hydrogens (tertiary/aromatic N) is 1. The van der Waals surface area contributed by atoms with Crippen LogP contribution in [0.3, 0.4) is 0 Å². The van der Waals surface area contributed by atoms with Crippen molar-refractivity contribution in [1.82, 2.24) is 15.8 Å². The molecule has 1 unspecified atom stereocenters. The molecule has 1 aromatic carbocycles. The molecule has 1 aliphatic rings. The van der Waals surface area contributed by atoms with Gasteiger partial charge in [-0.15, -0.1) is 0 Å². The number of anilines is 1. The minimum Gasteiger partial charge on any atom is -0.324 e. The Morgan fingerprint density at radius 1 is 1.15 bits per heavy atom. The van der Waals surface area contributed by atoms with Crippen LogP contribution in [0, 0.1) is 0 Å². The van der Waals surface area contributed by atoms with Gasteiger partial charge in [0, 0.05) is 29.2 Å². The number of hydrogen-bond acceptors (Lipinski definition) is 4. The summed E-state index contributed by atoms with van der Waals surface area (Å²) in [6.45, 7) is 0. The molecule has 1 aliphatic heterocycles. The van der Waals surface area contributed by atoms with E-state index in [4.69, 9.17) is 0 Å². The molecule has 2 heterocycles. The van der Waals surface area contributed by atoms with E-state index in [0.29, 0.717) is 5.56 Å². The van der Waals surface area contributed by atoms with Gasteiger partial charge in [-0.3, -0.25) is 20.0 Å². The minimum atomic E-state index is -0.586. The molecule has 0 bridgehead atoms. The van der Waals surface area contributed by atoms with E-state index in [2.05, 4.69) is 21.2 Å². The van der Waals surface area contributed by atoms with Crippen LogP contribution < -0.4 is 16.2 Å². The summed E-state index contributed by atoms with van der Waals surface area (Å²) >= 11 is 0. The predicted molar refractivity (Wildman–Crippen MR) is 72.7 cm³/mol. The minimum absolute atomic E-state index is 0.193. The molecular weight excluding hydrogens is 256 g/mol. The number of rotatable bonds is 3. The van der Waals surface area contributed by atoms with E-state index in [9.17, 15) is 9.59 Å². The zero-order chi connectivity index (χ0) is 13.9. The van der Waals surface area contributed by atoms with Crippen LogP contribution in [-0.4, -0.2) is 16.8 Å². The van der Waals surface area contributed by atoms with Gasteiger partial charge in [-0.05, 0) is 18.2 Å². The Morgan fingerprint density at radius 2 is 1.90 bits per heavy atom. The summed E-state index contributed by atoms with van der Waals surface area (Å²) in [5.74, 6) is -0.509. The number of para-hydroxylation sites is 1. The van der Waals surface area contributed by atoms with E-state index in [1.165, 1.54) is 12.4 Å². The second-order valence-electron chi connectivity index (χ2n) is 4.34. The second kappa shape index (κ2) is 5.10. The van der Waals surface area contributed by atoms with Crippen LogP contribution in [0.2, 0.25) is 0 Å². The van der Waals surface area contributed by atoms with Crippen molar-refractivity contribution in [2.45, 2.75) is 6.04 Å². The van der Waals surface area contributed by atoms with E-state index in [0.717, 1.165) is 11.3 Å². The monoisotopic (exact) mass is 268 g/mol. The molecule has 6 nitrogen and oxygen atoms in total. The third-order valence-electron chi connectivity index (χ3n) is 3.06. The summed E-state index contributed by atoms with van der Waals surface area (Å²) in [4.78, 5) is 27.6. The molecule has 0 saturated heterocycles. The molecule has 2 aromatic rings. The molecule has 0 radical (unpaired) electrons. The van der Waals surface area contributed by atoms with Gasteiger partial charge in [0.05, 0.1) is 0 Å². The van der Waals surface area contributed by atoms with Crippen LogP contribution in [0.25, 0.3) is 0 Å². The van der Waals surface area contributed by atoms with E-state index in [1.807, 2.05) is 24.3 Å². The molecule has 0 aliphatic carbocycles. The van der Waals surface area contributed by atoms with Gasteiger partial charge in [0.1, 0.15) is 6.04 Å². The number of hydrogen-bond donors (Lipinski definition) is 3. The standard InChI is InChI=1S/C14H12N4O2/c19-13(9-5-7-15-8-6-9)18-17-12-10-3-1-2-4-11(10)16-14(12)20/h1-8,12,17H,(H,16,20)(H,18,19). The third kappa shape index (κ3) is 2.24. The number of benzene rings is 1. The van der Waals surface area contributed by atoms with Crippen LogP contribution in [0.15, 0.2) is 48.8 Å². The Bertz CT molecular complexity index is 657. The topological polar surface area (TPSA) is 83.1 Å². The SMILES string of the molecule is O=C(NNC1C(=O)Nc2ccccc21)c1ccncc1. The lowest BCUT2D eigenvalue weighted by atomic mass is 10.1. The lowest BCUT2D eigenvalue weighted by molar-refractivity contribution is -0.117. The Balaban J connectivity index is 1.70. The van der Waals surface area contributed by atoms with Crippen molar-refractivity contribution in [3.05, 3.63) is 59.9 Å². The van der Waals surface area contributed by atoms with Crippen LogP contribution >= 0.6 is 0 Å². The second-order valence-corrected chi connectivity index (χ2v) is 4.34. The van der Waals surface area contributed by atoms with Gasteiger partial charge in [-0.2, -0.15) is 0 Å². The first-order valence-corrected chi connectivity index (χ1v) is 6.11. The summed E-state index contributed by atoms with van der Waals surface area (Å²) in [6.07, 6.45) is 3.07. The number of fused-ring (bicyclic) bond motifs is 1. The fourth-order valence-corrected chi connectivity index (χ4v) is 2.07. The summed E-state index contributed by atoms with van der Waals surface area (Å²) in [5.41, 5.74) is 7.33. The maximum atomic E-state index is 11.9. The molecule has 3 N–H and O–H groups in total. The maximum Gasteiger partial charge on any atom is 0.265 e. The number of carbonyl (C=O) groups excluding carboxylic acids is 2. The van der Waals surface area contributed by atoms with Crippen molar-refractivity contribution in [1.29, 1.82) is 0 Å². The zero-order valence-corrected chi connectivity index (χ0v) is 10.5. The van der Waals surface area contributed by atoms with Crippen molar-refractivity contribution < 1.29 is 9.59 Å². The van der Waals surface area contributed by atoms with Gasteiger partial charge in [0.15, 0.2) is 0 Å². The van der Waals surface area contributed by atoms with Crippen LogP contribution in [0.5, 0.6) is 0 Å². The van der Waals surface area contributed by atoms with Gasteiger partial charge in [-0.1, -0.05) is 18.2 Å². The van der Waals surface area contributed by atoms with Gasteiger partial charge >= 0.3 is 0 Å². The average Bonchev–Trinajstić information content (AvgIpc) is 2.81. The van der Waals surface area contributed by atoms with Crippen molar-refractivity contribution in [2.75, 3.05) is 5.32 Å². The molecule has 2 amide bonds. The average molecular weight is 268 g/mol. The molecule has 3 rings (SSSR count).